The van der Waals surface area contributed by atoms with Crippen molar-refractivity contribution in [2.45, 2.75) is 0 Å². The number of hydrogen-bond donors (Lipinski definition) is 2. The number of aromatic nitrogens is 6. The number of anilines is 1. The third-order valence-electron chi connectivity index (χ3n) is 3.44. The summed E-state index contributed by atoms with van der Waals surface area (Å²) in [5, 5.41) is 21.7. The number of carbonyl (C=O) groups is 1. The number of amides is 1. The van der Waals surface area contributed by atoms with Gasteiger partial charge in [-0.15, -0.1) is 5.10 Å². The van der Waals surface area contributed by atoms with Crippen molar-refractivity contribution in [3.8, 4) is 5.69 Å². The first kappa shape index (κ1) is 13.1. The van der Waals surface area contributed by atoms with Crippen LogP contribution in [0.15, 0.2) is 55.0 Å². The van der Waals surface area contributed by atoms with Gasteiger partial charge in [-0.05, 0) is 40.8 Å². The van der Waals surface area contributed by atoms with E-state index in [4.69, 9.17) is 0 Å². The van der Waals surface area contributed by atoms with E-state index in [9.17, 15) is 4.79 Å². The van der Waals surface area contributed by atoms with Crippen LogP contribution >= 0.6 is 0 Å². The molecule has 112 valence electrons. The minimum Gasteiger partial charge on any atom is -0.322 e. The van der Waals surface area contributed by atoms with Crippen LogP contribution in [-0.2, 0) is 0 Å². The van der Waals surface area contributed by atoms with Crippen molar-refractivity contribution in [3.05, 3.63) is 60.6 Å². The van der Waals surface area contributed by atoms with Crippen LogP contribution < -0.4 is 5.32 Å². The van der Waals surface area contributed by atoms with Gasteiger partial charge in [0.2, 0.25) is 0 Å². The van der Waals surface area contributed by atoms with Crippen molar-refractivity contribution in [2.75, 3.05) is 5.32 Å². The predicted octanol–water partition coefficient (Wildman–Crippen LogP) is 1.79. The summed E-state index contributed by atoms with van der Waals surface area (Å²) in [5.74, 6) is -0.237. The SMILES string of the molecule is O=C(Nc1ccc2[nH]ncc2c1)c1ccccc1-n1cnnn1. The highest BCUT2D eigenvalue weighted by molar-refractivity contribution is 6.07. The first-order valence-electron chi connectivity index (χ1n) is 6.88. The quantitative estimate of drug-likeness (QED) is 0.601. The lowest BCUT2D eigenvalue weighted by Crippen LogP contribution is -2.15. The molecule has 1 amide bonds. The Bertz CT molecular complexity index is 974. The number of H-pyrrole nitrogens is 1. The number of nitrogens with zero attached hydrogens (tertiary/aromatic N) is 5. The van der Waals surface area contributed by atoms with Gasteiger partial charge in [0, 0.05) is 11.1 Å². The number of aromatic amines is 1. The van der Waals surface area contributed by atoms with Gasteiger partial charge in [0.05, 0.1) is 23.0 Å². The molecule has 23 heavy (non-hydrogen) atoms. The van der Waals surface area contributed by atoms with Gasteiger partial charge in [0.15, 0.2) is 0 Å². The van der Waals surface area contributed by atoms with E-state index in [1.807, 2.05) is 24.3 Å². The van der Waals surface area contributed by atoms with E-state index >= 15 is 0 Å². The topological polar surface area (TPSA) is 101 Å². The molecule has 4 rings (SSSR count). The molecule has 0 saturated heterocycles. The Morgan fingerprint density at radius 2 is 2.09 bits per heavy atom. The number of rotatable bonds is 3. The highest BCUT2D eigenvalue weighted by Crippen LogP contribution is 2.19. The Morgan fingerprint density at radius 3 is 2.96 bits per heavy atom. The summed E-state index contributed by atoms with van der Waals surface area (Å²) in [5.41, 5.74) is 2.69. The van der Waals surface area contributed by atoms with Crippen molar-refractivity contribution in [2.24, 2.45) is 0 Å². The molecule has 8 nitrogen and oxygen atoms in total. The standard InChI is InChI=1S/C15H11N7O/c23-15(18-11-5-6-13-10(7-11)8-16-19-13)12-3-1-2-4-14(12)22-9-17-20-21-22/h1-9H,(H,16,19)(H,18,23). The second-order valence-electron chi connectivity index (χ2n) is 4.90. The van der Waals surface area contributed by atoms with Crippen LogP contribution in [0, 0.1) is 0 Å². The Labute approximate surface area is 130 Å². The number of tetrazole rings is 1. The van der Waals surface area contributed by atoms with Gasteiger partial charge in [-0.3, -0.25) is 9.89 Å². The van der Waals surface area contributed by atoms with Crippen LogP contribution in [0.25, 0.3) is 16.6 Å². The molecular formula is C15H11N7O. The van der Waals surface area contributed by atoms with Crippen LogP contribution in [0.1, 0.15) is 10.4 Å². The zero-order valence-corrected chi connectivity index (χ0v) is 11.8. The van der Waals surface area contributed by atoms with E-state index in [2.05, 4.69) is 31.0 Å². The van der Waals surface area contributed by atoms with Crippen LogP contribution in [0.3, 0.4) is 0 Å². The van der Waals surface area contributed by atoms with Crippen molar-refractivity contribution >= 4 is 22.5 Å². The molecule has 0 atom stereocenters. The summed E-state index contributed by atoms with van der Waals surface area (Å²) in [6.45, 7) is 0. The van der Waals surface area contributed by atoms with Gasteiger partial charge in [0.25, 0.3) is 5.91 Å². The van der Waals surface area contributed by atoms with Gasteiger partial charge >= 0.3 is 0 Å². The normalized spacial score (nSPS) is 10.8. The largest absolute Gasteiger partial charge is 0.322 e. The van der Waals surface area contributed by atoms with Gasteiger partial charge in [0.1, 0.15) is 6.33 Å². The second kappa shape index (κ2) is 5.34. The van der Waals surface area contributed by atoms with Crippen LogP contribution in [0.2, 0.25) is 0 Å². The predicted molar refractivity (Wildman–Crippen MR) is 83.2 cm³/mol. The Kier molecular flexibility index (Phi) is 3.05. The Morgan fingerprint density at radius 1 is 1.17 bits per heavy atom. The summed E-state index contributed by atoms with van der Waals surface area (Å²) in [6.07, 6.45) is 3.16. The number of benzene rings is 2. The van der Waals surface area contributed by atoms with Gasteiger partial charge < -0.3 is 5.32 Å². The van der Waals surface area contributed by atoms with Crippen molar-refractivity contribution in [1.29, 1.82) is 0 Å². The van der Waals surface area contributed by atoms with Crippen molar-refractivity contribution < 1.29 is 4.79 Å². The van der Waals surface area contributed by atoms with Gasteiger partial charge in [-0.1, -0.05) is 12.1 Å². The minimum atomic E-state index is -0.237. The Balaban J connectivity index is 1.67. The van der Waals surface area contributed by atoms with E-state index in [0.29, 0.717) is 16.9 Å². The molecule has 0 spiro atoms. The fourth-order valence-electron chi connectivity index (χ4n) is 2.36. The molecule has 0 radical (unpaired) electrons. The van der Waals surface area contributed by atoms with Gasteiger partial charge in [-0.2, -0.15) is 9.78 Å². The van der Waals surface area contributed by atoms with E-state index in [1.165, 1.54) is 11.0 Å². The zero-order valence-electron chi connectivity index (χ0n) is 11.8. The molecule has 2 aromatic carbocycles. The monoisotopic (exact) mass is 305 g/mol. The molecule has 0 unspecified atom stereocenters. The van der Waals surface area contributed by atoms with E-state index in [1.54, 1.807) is 24.4 Å². The van der Waals surface area contributed by atoms with Crippen LogP contribution in [0.5, 0.6) is 0 Å². The maximum absolute atomic E-state index is 12.6. The molecule has 0 saturated carbocycles. The molecule has 0 aliphatic heterocycles. The molecule has 2 N–H and O–H groups in total. The van der Waals surface area contributed by atoms with Crippen molar-refractivity contribution in [1.82, 2.24) is 30.4 Å². The fourth-order valence-corrected chi connectivity index (χ4v) is 2.36. The van der Waals surface area contributed by atoms with Crippen LogP contribution in [0.4, 0.5) is 5.69 Å². The molecule has 0 aliphatic carbocycles. The number of fused-ring (bicyclic) bond motifs is 1. The average molecular weight is 305 g/mol. The molecule has 0 aliphatic rings. The highest BCUT2D eigenvalue weighted by atomic mass is 16.1. The third-order valence-corrected chi connectivity index (χ3v) is 3.44. The maximum atomic E-state index is 12.6. The zero-order chi connectivity index (χ0) is 15.6. The molecular weight excluding hydrogens is 294 g/mol. The summed E-state index contributed by atoms with van der Waals surface area (Å²) in [6, 6.07) is 12.7. The first-order chi connectivity index (χ1) is 11.3. The summed E-state index contributed by atoms with van der Waals surface area (Å²) >= 11 is 0. The number of nitrogens with one attached hydrogen (secondary N) is 2. The van der Waals surface area contributed by atoms with Gasteiger partial charge in [-0.25, -0.2) is 0 Å². The third kappa shape index (κ3) is 2.42. The number of para-hydroxylation sites is 1. The molecule has 2 aromatic heterocycles. The van der Waals surface area contributed by atoms with E-state index in [0.717, 1.165) is 10.9 Å². The lowest BCUT2D eigenvalue weighted by atomic mass is 10.1. The Hall–Kier alpha value is -3.55. The maximum Gasteiger partial charge on any atom is 0.257 e. The summed E-state index contributed by atoms with van der Waals surface area (Å²) in [4.78, 5) is 12.6. The highest BCUT2D eigenvalue weighted by Gasteiger charge is 2.13. The lowest BCUT2D eigenvalue weighted by Gasteiger charge is -2.09. The molecule has 0 fully saturated rings. The smallest absolute Gasteiger partial charge is 0.257 e. The van der Waals surface area contributed by atoms with Crippen molar-refractivity contribution in [3.63, 3.8) is 0 Å². The summed E-state index contributed by atoms with van der Waals surface area (Å²) in [7, 11) is 0. The molecule has 8 heteroatoms. The lowest BCUT2D eigenvalue weighted by molar-refractivity contribution is 0.102. The fraction of sp³-hybridized carbons (Fsp3) is 0. The second-order valence-corrected chi connectivity index (χ2v) is 4.90. The van der Waals surface area contributed by atoms with E-state index in [-0.39, 0.29) is 5.91 Å². The molecule has 4 aromatic rings. The minimum absolute atomic E-state index is 0.237. The molecule has 0 bridgehead atoms. The number of hydrogen-bond acceptors (Lipinski definition) is 5. The van der Waals surface area contributed by atoms with Crippen LogP contribution in [-0.4, -0.2) is 36.3 Å². The molecule has 2 heterocycles. The first-order valence-corrected chi connectivity index (χ1v) is 6.88. The summed E-state index contributed by atoms with van der Waals surface area (Å²) < 4.78 is 1.45. The average Bonchev–Trinajstić information content (AvgIpc) is 3.26. The number of carbonyl (C=O) groups excluding carboxylic acids is 1. The van der Waals surface area contributed by atoms with E-state index < -0.39 is 0 Å².